The maximum absolute atomic E-state index is 12.6. The van der Waals surface area contributed by atoms with Crippen LogP contribution >= 0.6 is 0 Å². The first-order valence-corrected chi connectivity index (χ1v) is 7.09. The third-order valence-electron chi connectivity index (χ3n) is 3.79. The van der Waals surface area contributed by atoms with E-state index in [2.05, 4.69) is 24.3 Å². The van der Waals surface area contributed by atoms with E-state index in [-0.39, 0.29) is 11.8 Å². The van der Waals surface area contributed by atoms with Crippen molar-refractivity contribution in [2.45, 2.75) is 45.7 Å². The van der Waals surface area contributed by atoms with Gasteiger partial charge < -0.3 is 10.2 Å². The maximum atomic E-state index is 12.6. The highest BCUT2D eigenvalue weighted by molar-refractivity contribution is 5.95. The molecule has 2 heterocycles. The molecular formula is C14H24N4O. The van der Waals surface area contributed by atoms with Gasteiger partial charge >= 0.3 is 0 Å². The number of aromatic nitrogens is 2. The lowest BCUT2D eigenvalue weighted by molar-refractivity contribution is 0.0742. The molecule has 1 amide bonds. The van der Waals surface area contributed by atoms with E-state index in [9.17, 15) is 4.79 Å². The maximum Gasteiger partial charge on any atom is 0.257 e. The van der Waals surface area contributed by atoms with Gasteiger partial charge in [-0.1, -0.05) is 13.8 Å². The average Bonchev–Trinajstić information content (AvgIpc) is 3.05. The Kier molecular flexibility index (Phi) is 4.24. The largest absolute Gasteiger partial charge is 0.337 e. The highest BCUT2D eigenvalue weighted by Crippen LogP contribution is 2.20. The van der Waals surface area contributed by atoms with Crippen molar-refractivity contribution >= 4 is 5.91 Å². The molecule has 0 unspecified atom stereocenters. The summed E-state index contributed by atoms with van der Waals surface area (Å²) in [5.74, 6) is 0.360. The number of rotatable bonds is 4. The molecule has 5 heteroatoms. The number of hydrogen-bond acceptors (Lipinski definition) is 3. The Bertz CT molecular complexity index is 446. The number of nitrogens with one attached hydrogen (secondary N) is 1. The predicted octanol–water partition coefficient (Wildman–Crippen LogP) is 1.46. The Balaban J connectivity index is 2.24. The Morgan fingerprint density at radius 2 is 2.37 bits per heavy atom. The molecule has 0 aliphatic carbocycles. The van der Waals surface area contributed by atoms with Crippen molar-refractivity contribution in [3.63, 3.8) is 0 Å². The molecule has 5 nitrogen and oxygen atoms in total. The molecule has 1 fully saturated rings. The van der Waals surface area contributed by atoms with E-state index >= 15 is 0 Å². The fourth-order valence-corrected chi connectivity index (χ4v) is 2.52. The topological polar surface area (TPSA) is 50.2 Å². The number of nitrogens with zero attached hydrogens (tertiary/aromatic N) is 3. The van der Waals surface area contributed by atoms with Crippen molar-refractivity contribution < 1.29 is 4.79 Å². The second-order valence-corrected chi connectivity index (χ2v) is 5.50. The Morgan fingerprint density at radius 1 is 1.63 bits per heavy atom. The van der Waals surface area contributed by atoms with E-state index in [1.165, 1.54) is 0 Å². The quantitative estimate of drug-likeness (QED) is 0.895. The van der Waals surface area contributed by atoms with Crippen molar-refractivity contribution in [1.29, 1.82) is 0 Å². The van der Waals surface area contributed by atoms with Crippen molar-refractivity contribution in [3.05, 3.63) is 17.5 Å². The Morgan fingerprint density at radius 3 is 2.89 bits per heavy atom. The minimum atomic E-state index is 0.0945. The van der Waals surface area contributed by atoms with E-state index < -0.39 is 0 Å². The van der Waals surface area contributed by atoms with Gasteiger partial charge in [-0.3, -0.25) is 9.48 Å². The van der Waals surface area contributed by atoms with E-state index in [4.69, 9.17) is 0 Å². The first-order chi connectivity index (χ1) is 9.04. The SMILES string of the molecule is CCn1cc(C(=O)N(C)[C@@H]2CCNC2)c(C(C)C)n1. The van der Waals surface area contributed by atoms with Crippen LogP contribution in [-0.4, -0.2) is 46.8 Å². The molecule has 2 rings (SSSR count). The van der Waals surface area contributed by atoms with Crippen molar-refractivity contribution in [2.75, 3.05) is 20.1 Å². The molecule has 1 N–H and O–H groups in total. The van der Waals surface area contributed by atoms with Gasteiger partial charge in [-0.05, 0) is 25.8 Å². The van der Waals surface area contributed by atoms with Crippen LogP contribution in [-0.2, 0) is 6.54 Å². The zero-order chi connectivity index (χ0) is 14.0. The first-order valence-electron chi connectivity index (χ1n) is 7.09. The molecule has 0 spiro atoms. The van der Waals surface area contributed by atoms with Gasteiger partial charge in [0.2, 0.25) is 0 Å². The standard InChI is InChI=1S/C14H24N4O/c1-5-18-9-12(13(16-18)10(2)3)14(19)17(4)11-6-7-15-8-11/h9-11,15H,5-8H2,1-4H3/t11-/m1/s1. The second kappa shape index (κ2) is 5.74. The molecule has 0 aromatic carbocycles. The van der Waals surface area contributed by atoms with E-state index in [0.29, 0.717) is 6.04 Å². The highest BCUT2D eigenvalue weighted by atomic mass is 16.2. The molecule has 0 radical (unpaired) electrons. The Labute approximate surface area is 115 Å². The summed E-state index contributed by atoms with van der Waals surface area (Å²) in [7, 11) is 1.90. The molecule has 106 valence electrons. The number of likely N-dealkylation sites (N-methyl/N-ethyl adjacent to an activating group) is 1. The zero-order valence-corrected chi connectivity index (χ0v) is 12.3. The van der Waals surface area contributed by atoms with Crippen LogP contribution in [0.1, 0.15) is 49.2 Å². The van der Waals surface area contributed by atoms with Crippen LogP contribution < -0.4 is 5.32 Å². The summed E-state index contributed by atoms with van der Waals surface area (Å²) < 4.78 is 1.85. The van der Waals surface area contributed by atoms with Gasteiger partial charge in [0.1, 0.15) is 0 Å². The van der Waals surface area contributed by atoms with Gasteiger partial charge in [0, 0.05) is 32.4 Å². The summed E-state index contributed by atoms with van der Waals surface area (Å²) in [6, 6.07) is 0.303. The van der Waals surface area contributed by atoms with E-state index in [1.807, 2.05) is 29.7 Å². The smallest absolute Gasteiger partial charge is 0.257 e. The summed E-state index contributed by atoms with van der Waals surface area (Å²) in [4.78, 5) is 14.5. The molecule has 1 aliphatic rings. The molecule has 1 aromatic rings. The zero-order valence-electron chi connectivity index (χ0n) is 12.3. The molecule has 19 heavy (non-hydrogen) atoms. The summed E-state index contributed by atoms with van der Waals surface area (Å²) in [5, 5.41) is 7.81. The van der Waals surface area contributed by atoms with Gasteiger partial charge in [-0.25, -0.2) is 0 Å². The van der Waals surface area contributed by atoms with Gasteiger partial charge in [0.25, 0.3) is 5.91 Å². The van der Waals surface area contributed by atoms with Crippen LogP contribution in [0.25, 0.3) is 0 Å². The van der Waals surface area contributed by atoms with Crippen LogP contribution in [0.3, 0.4) is 0 Å². The highest BCUT2D eigenvalue weighted by Gasteiger charge is 2.27. The van der Waals surface area contributed by atoms with Gasteiger partial charge in [0.15, 0.2) is 0 Å². The normalized spacial score (nSPS) is 19.1. The summed E-state index contributed by atoms with van der Waals surface area (Å²) in [5.41, 5.74) is 1.66. The molecule has 0 bridgehead atoms. The van der Waals surface area contributed by atoms with Gasteiger partial charge in [-0.2, -0.15) is 5.10 Å². The number of carbonyl (C=O) groups excluding carboxylic acids is 1. The third kappa shape index (κ3) is 2.81. The van der Waals surface area contributed by atoms with Crippen LogP contribution in [0.4, 0.5) is 0 Å². The molecular weight excluding hydrogens is 240 g/mol. The number of amides is 1. The van der Waals surface area contributed by atoms with Gasteiger partial charge in [-0.15, -0.1) is 0 Å². The van der Waals surface area contributed by atoms with Crippen LogP contribution in [0.2, 0.25) is 0 Å². The lowest BCUT2D eigenvalue weighted by atomic mass is 10.0. The van der Waals surface area contributed by atoms with Crippen LogP contribution in [0, 0.1) is 0 Å². The predicted molar refractivity (Wildman–Crippen MR) is 75.4 cm³/mol. The van der Waals surface area contributed by atoms with Crippen molar-refractivity contribution in [2.24, 2.45) is 0 Å². The Hall–Kier alpha value is -1.36. The van der Waals surface area contributed by atoms with Gasteiger partial charge in [0.05, 0.1) is 11.3 Å². The molecule has 1 aliphatic heterocycles. The summed E-state index contributed by atoms with van der Waals surface area (Å²) in [6.45, 7) is 8.87. The monoisotopic (exact) mass is 264 g/mol. The van der Waals surface area contributed by atoms with E-state index in [1.54, 1.807) is 0 Å². The molecule has 0 saturated carbocycles. The van der Waals surface area contributed by atoms with Crippen molar-refractivity contribution in [3.8, 4) is 0 Å². The number of carbonyl (C=O) groups is 1. The molecule has 1 saturated heterocycles. The lowest BCUT2D eigenvalue weighted by Crippen LogP contribution is -2.38. The van der Waals surface area contributed by atoms with Crippen molar-refractivity contribution in [1.82, 2.24) is 20.0 Å². The third-order valence-corrected chi connectivity index (χ3v) is 3.79. The minimum Gasteiger partial charge on any atom is -0.337 e. The lowest BCUT2D eigenvalue weighted by Gasteiger charge is -2.23. The number of hydrogen-bond donors (Lipinski definition) is 1. The minimum absolute atomic E-state index is 0.0945. The van der Waals surface area contributed by atoms with Crippen LogP contribution in [0.15, 0.2) is 6.20 Å². The summed E-state index contributed by atoms with van der Waals surface area (Å²) in [6.07, 6.45) is 2.91. The van der Waals surface area contributed by atoms with E-state index in [0.717, 1.165) is 37.3 Å². The average molecular weight is 264 g/mol. The second-order valence-electron chi connectivity index (χ2n) is 5.50. The van der Waals surface area contributed by atoms with Crippen LogP contribution in [0.5, 0.6) is 0 Å². The summed E-state index contributed by atoms with van der Waals surface area (Å²) >= 11 is 0. The molecule has 1 atom stereocenters. The molecule has 1 aromatic heterocycles. The fraction of sp³-hybridized carbons (Fsp3) is 0.714. The number of aryl methyl sites for hydroxylation is 1. The fourth-order valence-electron chi connectivity index (χ4n) is 2.52. The first kappa shape index (κ1) is 14.1.